The van der Waals surface area contributed by atoms with Crippen molar-refractivity contribution in [3.63, 3.8) is 0 Å². The van der Waals surface area contributed by atoms with Gasteiger partial charge in [0.15, 0.2) is 0 Å². The van der Waals surface area contributed by atoms with Crippen LogP contribution in [0.15, 0.2) is 18.2 Å². The predicted molar refractivity (Wildman–Crippen MR) is 77.6 cm³/mol. The quantitative estimate of drug-likeness (QED) is 0.790. The Labute approximate surface area is 120 Å². The number of carboxylic acid groups (broad SMARTS) is 1. The summed E-state index contributed by atoms with van der Waals surface area (Å²) in [6, 6.07) is 4.87. The first-order valence-electron chi connectivity index (χ1n) is 6.75. The zero-order valence-electron chi connectivity index (χ0n) is 12.5. The SMILES string of the molecule is CCN(CC)[C@@H](Cc1cc(OC)ccc1OC)C(=O)O. The highest BCUT2D eigenvalue weighted by molar-refractivity contribution is 5.74. The van der Waals surface area contributed by atoms with Gasteiger partial charge in [-0.2, -0.15) is 0 Å². The number of rotatable bonds is 8. The Hall–Kier alpha value is -1.75. The molecule has 0 aromatic heterocycles. The third-order valence-electron chi connectivity index (χ3n) is 3.44. The molecule has 0 spiro atoms. The third kappa shape index (κ3) is 3.87. The Morgan fingerprint density at radius 2 is 1.90 bits per heavy atom. The number of hydrogen-bond acceptors (Lipinski definition) is 4. The molecule has 1 rings (SSSR count). The van der Waals surface area contributed by atoms with Crippen molar-refractivity contribution in [2.24, 2.45) is 0 Å². The van der Waals surface area contributed by atoms with Gasteiger partial charge in [0.2, 0.25) is 0 Å². The van der Waals surface area contributed by atoms with Crippen LogP contribution in [0, 0.1) is 0 Å². The lowest BCUT2D eigenvalue weighted by Gasteiger charge is -2.26. The fourth-order valence-electron chi connectivity index (χ4n) is 2.29. The molecule has 1 aromatic rings. The first-order chi connectivity index (χ1) is 9.57. The van der Waals surface area contributed by atoms with Gasteiger partial charge in [-0.05, 0) is 36.9 Å². The van der Waals surface area contributed by atoms with Crippen molar-refractivity contribution in [3.8, 4) is 11.5 Å². The summed E-state index contributed by atoms with van der Waals surface area (Å²) >= 11 is 0. The van der Waals surface area contributed by atoms with E-state index in [1.54, 1.807) is 26.4 Å². The second-order valence-electron chi connectivity index (χ2n) is 4.46. The minimum Gasteiger partial charge on any atom is -0.497 e. The molecule has 0 radical (unpaired) electrons. The first-order valence-corrected chi connectivity index (χ1v) is 6.75. The molecule has 5 heteroatoms. The van der Waals surface area contributed by atoms with E-state index in [-0.39, 0.29) is 0 Å². The second-order valence-corrected chi connectivity index (χ2v) is 4.46. The van der Waals surface area contributed by atoms with E-state index in [1.165, 1.54) is 0 Å². The minimum absolute atomic E-state index is 0.386. The van der Waals surface area contributed by atoms with Crippen LogP contribution < -0.4 is 9.47 Å². The van der Waals surface area contributed by atoms with Crippen LogP contribution in [-0.2, 0) is 11.2 Å². The molecule has 0 heterocycles. The van der Waals surface area contributed by atoms with Crippen molar-refractivity contribution in [2.75, 3.05) is 27.3 Å². The van der Waals surface area contributed by atoms with Gasteiger partial charge in [-0.1, -0.05) is 13.8 Å². The van der Waals surface area contributed by atoms with Crippen LogP contribution in [0.4, 0.5) is 0 Å². The molecular weight excluding hydrogens is 258 g/mol. The van der Waals surface area contributed by atoms with E-state index < -0.39 is 12.0 Å². The number of likely N-dealkylation sites (N-methyl/N-ethyl adjacent to an activating group) is 1. The lowest BCUT2D eigenvalue weighted by atomic mass is 10.0. The summed E-state index contributed by atoms with van der Waals surface area (Å²) in [5, 5.41) is 9.44. The highest BCUT2D eigenvalue weighted by atomic mass is 16.5. The van der Waals surface area contributed by atoms with Crippen molar-refractivity contribution in [3.05, 3.63) is 23.8 Å². The van der Waals surface area contributed by atoms with Crippen LogP contribution in [0.3, 0.4) is 0 Å². The molecule has 0 unspecified atom stereocenters. The normalized spacial score (nSPS) is 12.2. The van der Waals surface area contributed by atoms with Gasteiger partial charge in [-0.25, -0.2) is 0 Å². The number of hydrogen-bond donors (Lipinski definition) is 1. The summed E-state index contributed by atoms with van der Waals surface area (Å²) in [7, 11) is 3.17. The molecule has 0 saturated carbocycles. The maximum absolute atomic E-state index is 11.5. The molecule has 112 valence electrons. The Bertz CT molecular complexity index is 443. The summed E-state index contributed by atoms with van der Waals surface area (Å²) in [4.78, 5) is 13.4. The fraction of sp³-hybridized carbons (Fsp3) is 0.533. The second kappa shape index (κ2) is 7.75. The molecule has 1 N–H and O–H groups in total. The maximum Gasteiger partial charge on any atom is 0.321 e. The van der Waals surface area contributed by atoms with Crippen LogP contribution in [0.25, 0.3) is 0 Å². The number of nitrogens with zero attached hydrogens (tertiary/aromatic N) is 1. The van der Waals surface area contributed by atoms with Gasteiger partial charge in [0.25, 0.3) is 0 Å². The van der Waals surface area contributed by atoms with Gasteiger partial charge < -0.3 is 14.6 Å². The van der Waals surface area contributed by atoms with Gasteiger partial charge in [-0.3, -0.25) is 9.69 Å². The molecule has 5 nitrogen and oxygen atoms in total. The van der Waals surface area contributed by atoms with Gasteiger partial charge in [-0.15, -0.1) is 0 Å². The largest absolute Gasteiger partial charge is 0.497 e. The van der Waals surface area contributed by atoms with Crippen LogP contribution in [-0.4, -0.2) is 49.3 Å². The standard InChI is InChI=1S/C15H23NO4/c1-5-16(6-2)13(15(17)18)10-11-9-12(19-3)7-8-14(11)20-4/h7-9,13H,5-6,10H2,1-4H3,(H,17,18)/t13-/m0/s1. The van der Waals surface area contributed by atoms with Crippen LogP contribution in [0.1, 0.15) is 19.4 Å². The highest BCUT2D eigenvalue weighted by Crippen LogP contribution is 2.26. The van der Waals surface area contributed by atoms with E-state index >= 15 is 0 Å². The monoisotopic (exact) mass is 281 g/mol. The topological polar surface area (TPSA) is 59.0 Å². The molecule has 0 aliphatic heterocycles. The van der Waals surface area contributed by atoms with E-state index in [1.807, 2.05) is 24.8 Å². The Kier molecular flexibility index (Phi) is 6.31. The van der Waals surface area contributed by atoms with Crippen molar-refractivity contribution < 1.29 is 19.4 Å². The summed E-state index contributed by atoms with van der Waals surface area (Å²) in [5.41, 5.74) is 0.839. The average molecular weight is 281 g/mol. The van der Waals surface area contributed by atoms with E-state index in [2.05, 4.69) is 0 Å². The molecule has 0 aliphatic rings. The van der Waals surface area contributed by atoms with E-state index in [9.17, 15) is 9.90 Å². The van der Waals surface area contributed by atoms with Gasteiger partial charge in [0.1, 0.15) is 17.5 Å². The molecule has 0 aliphatic carbocycles. The predicted octanol–water partition coefficient (Wildman–Crippen LogP) is 2.04. The number of benzene rings is 1. The minimum atomic E-state index is -0.821. The Balaban J connectivity index is 3.06. The van der Waals surface area contributed by atoms with E-state index in [4.69, 9.17) is 9.47 Å². The average Bonchev–Trinajstić information content (AvgIpc) is 2.46. The van der Waals surface area contributed by atoms with Crippen LogP contribution >= 0.6 is 0 Å². The third-order valence-corrected chi connectivity index (χ3v) is 3.44. The fourth-order valence-corrected chi connectivity index (χ4v) is 2.29. The lowest BCUT2D eigenvalue weighted by Crippen LogP contribution is -2.42. The molecule has 1 atom stereocenters. The zero-order valence-corrected chi connectivity index (χ0v) is 12.5. The van der Waals surface area contributed by atoms with E-state index in [0.29, 0.717) is 31.0 Å². The Morgan fingerprint density at radius 3 is 2.35 bits per heavy atom. The molecular formula is C15H23NO4. The summed E-state index contributed by atoms with van der Waals surface area (Å²) in [6.07, 6.45) is 0.386. The molecule has 20 heavy (non-hydrogen) atoms. The number of ether oxygens (including phenoxy) is 2. The molecule has 1 aromatic carbocycles. The zero-order chi connectivity index (χ0) is 15.1. The van der Waals surface area contributed by atoms with E-state index in [0.717, 1.165) is 5.56 Å². The van der Waals surface area contributed by atoms with Gasteiger partial charge in [0.05, 0.1) is 14.2 Å². The van der Waals surface area contributed by atoms with Crippen molar-refractivity contribution in [2.45, 2.75) is 26.3 Å². The van der Waals surface area contributed by atoms with Crippen molar-refractivity contribution in [1.82, 2.24) is 4.90 Å². The number of aliphatic carboxylic acids is 1. The van der Waals surface area contributed by atoms with Crippen molar-refractivity contribution in [1.29, 1.82) is 0 Å². The number of carboxylic acids is 1. The first kappa shape index (κ1) is 16.3. The highest BCUT2D eigenvalue weighted by Gasteiger charge is 2.25. The van der Waals surface area contributed by atoms with Crippen LogP contribution in [0.5, 0.6) is 11.5 Å². The summed E-state index contributed by atoms with van der Waals surface area (Å²) < 4.78 is 10.5. The Morgan fingerprint density at radius 1 is 1.25 bits per heavy atom. The smallest absolute Gasteiger partial charge is 0.321 e. The van der Waals surface area contributed by atoms with Gasteiger partial charge in [0, 0.05) is 6.42 Å². The summed E-state index contributed by atoms with van der Waals surface area (Å²) in [5.74, 6) is 0.562. The number of carbonyl (C=O) groups is 1. The van der Waals surface area contributed by atoms with Gasteiger partial charge >= 0.3 is 5.97 Å². The molecule has 0 saturated heterocycles. The maximum atomic E-state index is 11.5. The molecule has 0 bridgehead atoms. The molecule has 0 amide bonds. The number of methoxy groups -OCH3 is 2. The molecule has 0 fully saturated rings. The summed E-state index contributed by atoms with van der Waals surface area (Å²) in [6.45, 7) is 5.31. The lowest BCUT2D eigenvalue weighted by molar-refractivity contribution is -0.143. The van der Waals surface area contributed by atoms with Crippen molar-refractivity contribution >= 4 is 5.97 Å². The van der Waals surface area contributed by atoms with Crippen LogP contribution in [0.2, 0.25) is 0 Å².